The number of hydrogen-bond acceptors (Lipinski definition) is 6. The summed E-state index contributed by atoms with van der Waals surface area (Å²) >= 11 is 0. The van der Waals surface area contributed by atoms with Crippen LogP contribution in [0.3, 0.4) is 0 Å². The quantitative estimate of drug-likeness (QED) is 0.860. The molecule has 0 aliphatic carbocycles. The van der Waals surface area contributed by atoms with Crippen molar-refractivity contribution in [3.63, 3.8) is 0 Å². The minimum Gasteiger partial charge on any atom is -0.463 e. The van der Waals surface area contributed by atoms with Gasteiger partial charge < -0.3 is 19.5 Å². The Kier molecular flexibility index (Phi) is 4.26. The Balaban J connectivity index is 1.87. The number of carbonyl (C=O) groups excluding carboxylic acids is 2. The van der Waals surface area contributed by atoms with Crippen LogP contribution in [0.15, 0.2) is 18.2 Å². The highest BCUT2D eigenvalue weighted by atomic mass is 16.6. The first-order valence-electron chi connectivity index (χ1n) is 7.77. The van der Waals surface area contributed by atoms with E-state index in [-0.39, 0.29) is 30.7 Å². The highest BCUT2D eigenvalue weighted by Gasteiger charge is 2.45. The van der Waals surface area contributed by atoms with Crippen LogP contribution in [-0.4, -0.2) is 36.8 Å². The van der Waals surface area contributed by atoms with Gasteiger partial charge in [0.2, 0.25) is 0 Å². The number of esters is 2. The number of fused-ring (bicyclic) bond motifs is 4. The van der Waals surface area contributed by atoms with Crippen LogP contribution < -0.4 is 5.32 Å². The summed E-state index contributed by atoms with van der Waals surface area (Å²) in [7, 11) is 0. The smallest absolute Gasteiger partial charge is 0.303 e. The first-order valence-corrected chi connectivity index (χ1v) is 7.77. The lowest BCUT2D eigenvalue weighted by molar-refractivity contribution is -0.185. The molecule has 0 saturated carbocycles. The van der Waals surface area contributed by atoms with E-state index in [0.29, 0.717) is 6.42 Å². The predicted octanol–water partition coefficient (Wildman–Crippen LogP) is 2.11. The molecule has 2 bridgehead atoms. The molecule has 1 aromatic carbocycles. The molecule has 2 aliphatic heterocycles. The summed E-state index contributed by atoms with van der Waals surface area (Å²) in [6.07, 6.45) is -0.348. The molecule has 124 valence electrons. The van der Waals surface area contributed by atoms with Gasteiger partial charge in [-0.15, -0.1) is 0 Å². The summed E-state index contributed by atoms with van der Waals surface area (Å²) in [5, 5.41) is 3.43. The molecule has 0 amide bonds. The van der Waals surface area contributed by atoms with Crippen LogP contribution in [0.4, 0.5) is 5.69 Å². The third-order valence-corrected chi connectivity index (χ3v) is 4.22. The second kappa shape index (κ2) is 6.20. The van der Waals surface area contributed by atoms with E-state index in [4.69, 9.17) is 14.2 Å². The Morgan fingerprint density at radius 2 is 2.09 bits per heavy atom. The normalized spacial score (nSPS) is 28.3. The van der Waals surface area contributed by atoms with Crippen molar-refractivity contribution in [2.24, 2.45) is 0 Å². The Morgan fingerprint density at radius 3 is 2.78 bits per heavy atom. The summed E-state index contributed by atoms with van der Waals surface area (Å²) in [5.74, 6) is -0.753. The fourth-order valence-corrected chi connectivity index (χ4v) is 3.27. The van der Waals surface area contributed by atoms with Crippen LogP contribution >= 0.6 is 0 Å². The topological polar surface area (TPSA) is 73.9 Å². The van der Waals surface area contributed by atoms with Crippen LogP contribution in [-0.2, 0) is 23.8 Å². The largest absolute Gasteiger partial charge is 0.463 e. The van der Waals surface area contributed by atoms with Crippen molar-refractivity contribution in [2.75, 3.05) is 11.9 Å². The maximum atomic E-state index is 11.4. The number of benzene rings is 1. The second-order valence-corrected chi connectivity index (χ2v) is 6.12. The molecule has 6 nitrogen and oxygen atoms in total. The third kappa shape index (κ3) is 3.32. The van der Waals surface area contributed by atoms with Crippen molar-refractivity contribution >= 4 is 17.6 Å². The average molecular weight is 319 g/mol. The zero-order chi connectivity index (χ0) is 16.6. The lowest BCUT2D eigenvalue weighted by Crippen LogP contribution is -2.54. The number of anilines is 1. The number of rotatable bonds is 3. The van der Waals surface area contributed by atoms with Gasteiger partial charge in [0.15, 0.2) is 6.10 Å². The van der Waals surface area contributed by atoms with E-state index >= 15 is 0 Å². The molecule has 2 heterocycles. The van der Waals surface area contributed by atoms with Crippen LogP contribution in [0.25, 0.3) is 0 Å². The highest BCUT2D eigenvalue weighted by molar-refractivity contribution is 5.67. The van der Waals surface area contributed by atoms with E-state index in [9.17, 15) is 9.59 Å². The number of ether oxygens (including phenoxy) is 3. The van der Waals surface area contributed by atoms with Crippen molar-refractivity contribution in [2.45, 2.75) is 51.5 Å². The van der Waals surface area contributed by atoms with Crippen molar-refractivity contribution in [3.8, 4) is 0 Å². The van der Waals surface area contributed by atoms with Crippen LogP contribution in [0.5, 0.6) is 0 Å². The summed E-state index contributed by atoms with van der Waals surface area (Å²) in [6.45, 7) is 4.83. The number of aryl methyl sites for hydroxylation is 1. The van der Waals surface area contributed by atoms with Crippen molar-refractivity contribution in [3.05, 3.63) is 29.3 Å². The SMILES string of the molecule is CC(=O)OC[C@H]1O[C@@H]2C[C@@H](Nc3ccc(C)cc32)[C@@H]1OC(C)=O. The Hall–Kier alpha value is -2.08. The fraction of sp³-hybridized carbons (Fsp3) is 0.529. The summed E-state index contributed by atoms with van der Waals surface area (Å²) in [4.78, 5) is 22.5. The lowest BCUT2D eigenvalue weighted by atomic mass is 9.86. The predicted molar refractivity (Wildman–Crippen MR) is 83.0 cm³/mol. The molecule has 0 aromatic heterocycles. The first kappa shape index (κ1) is 15.8. The van der Waals surface area contributed by atoms with Crippen molar-refractivity contribution in [1.29, 1.82) is 0 Å². The van der Waals surface area contributed by atoms with Gasteiger partial charge >= 0.3 is 11.9 Å². The number of nitrogens with one attached hydrogen (secondary N) is 1. The van der Waals surface area contributed by atoms with Gasteiger partial charge in [0.1, 0.15) is 12.7 Å². The zero-order valence-corrected chi connectivity index (χ0v) is 13.5. The van der Waals surface area contributed by atoms with E-state index in [1.807, 2.05) is 19.1 Å². The Labute approximate surface area is 135 Å². The van der Waals surface area contributed by atoms with Crippen molar-refractivity contribution in [1.82, 2.24) is 0 Å². The van der Waals surface area contributed by atoms with Crippen LogP contribution in [0, 0.1) is 6.92 Å². The molecule has 1 fully saturated rings. The molecular formula is C17H21NO5. The minimum atomic E-state index is -0.488. The minimum absolute atomic E-state index is 0.0617. The summed E-state index contributed by atoms with van der Waals surface area (Å²) in [5.41, 5.74) is 3.25. The highest BCUT2D eigenvalue weighted by Crippen LogP contribution is 2.42. The summed E-state index contributed by atoms with van der Waals surface area (Å²) < 4.78 is 16.6. The monoisotopic (exact) mass is 319 g/mol. The first-order chi connectivity index (χ1) is 10.9. The van der Waals surface area contributed by atoms with Crippen LogP contribution in [0.1, 0.15) is 37.5 Å². The molecule has 0 unspecified atom stereocenters. The molecule has 3 rings (SSSR count). The fourth-order valence-electron chi connectivity index (χ4n) is 3.27. The number of carbonyl (C=O) groups is 2. The molecule has 23 heavy (non-hydrogen) atoms. The zero-order valence-electron chi connectivity index (χ0n) is 13.5. The van der Waals surface area contributed by atoms with Gasteiger partial charge in [-0.3, -0.25) is 9.59 Å². The molecule has 0 spiro atoms. The van der Waals surface area contributed by atoms with E-state index in [2.05, 4.69) is 11.4 Å². The molecule has 1 saturated heterocycles. The van der Waals surface area contributed by atoms with Gasteiger partial charge in [-0.05, 0) is 13.0 Å². The third-order valence-electron chi connectivity index (χ3n) is 4.22. The molecule has 6 heteroatoms. The molecule has 4 atom stereocenters. The standard InChI is InChI=1S/C17H21NO5/c1-9-4-5-13-12(6-9)15-7-14(18-13)17(22-11(3)20)16(23-15)8-21-10(2)19/h4-6,14-18H,7-8H2,1-3H3/t14-,15-,16-,17+/m1/s1. The van der Waals surface area contributed by atoms with Gasteiger partial charge in [-0.25, -0.2) is 0 Å². The summed E-state index contributed by atoms with van der Waals surface area (Å²) in [6, 6.07) is 6.08. The molecular weight excluding hydrogens is 298 g/mol. The maximum absolute atomic E-state index is 11.4. The molecule has 2 aliphatic rings. The van der Waals surface area contributed by atoms with E-state index < -0.39 is 12.2 Å². The van der Waals surface area contributed by atoms with Crippen LogP contribution in [0.2, 0.25) is 0 Å². The molecule has 1 aromatic rings. The van der Waals surface area contributed by atoms with Gasteiger partial charge in [-0.2, -0.15) is 0 Å². The molecule has 0 radical (unpaired) electrons. The van der Waals surface area contributed by atoms with Crippen molar-refractivity contribution < 1.29 is 23.8 Å². The molecule has 1 N–H and O–H groups in total. The van der Waals surface area contributed by atoms with Gasteiger partial charge in [0.05, 0.1) is 12.1 Å². The maximum Gasteiger partial charge on any atom is 0.303 e. The van der Waals surface area contributed by atoms with Gasteiger partial charge in [0, 0.05) is 31.5 Å². The lowest BCUT2D eigenvalue weighted by Gasteiger charge is -2.45. The average Bonchev–Trinajstić information content (AvgIpc) is 2.48. The second-order valence-electron chi connectivity index (χ2n) is 6.12. The van der Waals surface area contributed by atoms with E-state index in [1.54, 1.807) is 0 Å². The Morgan fingerprint density at radius 1 is 1.30 bits per heavy atom. The van der Waals surface area contributed by atoms with Gasteiger partial charge in [-0.1, -0.05) is 17.7 Å². The van der Waals surface area contributed by atoms with E-state index in [0.717, 1.165) is 16.8 Å². The Bertz CT molecular complexity index is 629. The number of hydrogen-bond donors (Lipinski definition) is 1. The van der Waals surface area contributed by atoms with E-state index in [1.165, 1.54) is 13.8 Å². The van der Waals surface area contributed by atoms with Gasteiger partial charge in [0.25, 0.3) is 0 Å².